The molecular formula is C10H20N3. The summed E-state index contributed by atoms with van der Waals surface area (Å²) in [4.78, 5) is 2.54. The molecule has 2 fully saturated rings. The molecular weight excluding hydrogens is 162 g/mol. The van der Waals surface area contributed by atoms with E-state index in [0.29, 0.717) is 0 Å². The van der Waals surface area contributed by atoms with E-state index in [1.807, 2.05) is 0 Å². The topological polar surface area (TPSA) is 29.4 Å². The average Bonchev–Trinajstić information content (AvgIpc) is 2.20. The smallest absolute Gasteiger partial charge is 0.0845 e. The Morgan fingerprint density at radius 2 is 2.00 bits per heavy atom. The van der Waals surface area contributed by atoms with Gasteiger partial charge in [-0.2, -0.15) is 0 Å². The molecule has 0 aromatic carbocycles. The Morgan fingerprint density at radius 3 is 2.62 bits per heavy atom. The van der Waals surface area contributed by atoms with Crippen LogP contribution in [0.5, 0.6) is 0 Å². The highest BCUT2D eigenvalue weighted by molar-refractivity contribution is 4.88. The summed E-state index contributed by atoms with van der Waals surface area (Å²) in [6.45, 7) is 7.97. The van der Waals surface area contributed by atoms with Crippen LogP contribution in [0, 0.1) is 0 Å². The second kappa shape index (κ2) is 3.95. The van der Waals surface area contributed by atoms with Crippen molar-refractivity contribution in [2.24, 2.45) is 0 Å². The van der Waals surface area contributed by atoms with E-state index in [9.17, 15) is 0 Å². The highest BCUT2D eigenvalue weighted by Gasteiger charge is 2.34. The lowest BCUT2D eigenvalue weighted by Gasteiger charge is -2.45. The third kappa shape index (κ3) is 2.03. The molecule has 0 aromatic rings. The minimum Gasteiger partial charge on any atom is -0.314 e. The highest BCUT2D eigenvalue weighted by Crippen LogP contribution is 2.24. The Labute approximate surface area is 80.9 Å². The Hall–Kier alpha value is -0.120. The minimum absolute atomic E-state index is 0.167. The van der Waals surface area contributed by atoms with Crippen LogP contribution in [0.25, 0.3) is 0 Å². The molecule has 0 bridgehead atoms. The quantitative estimate of drug-likeness (QED) is 0.636. The predicted molar refractivity (Wildman–Crippen MR) is 53.7 cm³/mol. The third-order valence-corrected chi connectivity index (χ3v) is 3.31. The normalized spacial score (nSPS) is 37.6. The molecule has 1 unspecified atom stereocenters. The summed E-state index contributed by atoms with van der Waals surface area (Å²) in [6.07, 6.45) is 3.90. The van der Waals surface area contributed by atoms with Gasteiger partial charge in [-0.3, -0.25) is 4.90 Å². The number of hydrogen-bond acceptors (Lipinski definition) is 2. The SMILES string of the molecule is CC1(N2CCNCC2)CCCC[N]1. The summed E-state index contributed by atoms with van der Waals surface area (Å²) in [5.74, 6) is 0. The van der Waals surface area contributed by atoms with Gasteiger partial charge >= 0.3 is 0 Å². The maximum absolute atomic E-state index is 4.78. The number of piperazine rings is 1. The van der Waals surface area contributed by atoms with E-state index in [2.05, 4.69) is 17.1 Å². The molecule has 2 saturated heterocycles. The average molecular weight is 182 g/mol. The zero-order valence-electron chi connectivity index (χ0n) is 8.55. The molecule has 1 radical (unpaired) electrons. The van der Waals surface area contributed by atoms with E-state index in [4.69, 9.17) is 5.32 Å². The zero-order chi connectivity index (χ0) is 9.15. The van der Waals surface area contributed by atoms with Crippen LogP contribution < -0.4 is 10.6 Å². The predicted octanol–water partition coefficient (Wildman–Crippen LogP) is 0.396. The van der Waals surface area contributed by atoms with Crippen molar-refractivity contribution in [2.75, 3.05) is 32.7 Å². The fourth-order valence-corrected chi connectivity index (χ4v) is 2.38. The van der Waals surface area contributed by atoms with Gasteiger partial charge in [-0.15, -0.1) is 0 Å². The van der Waals surface area contributed by atoms with Crippen LogP contribution in [0.3, 0.4) is 0 Å². The van der Waals surface area contributed by atoms with Crippen LogP contribution in [-0.2, 0) is 0 Å². The second-order valence-electron chi connectivity index (χ2n) is 4.29. The first-order valence-corrected chi connectivity index (χ1v) is 5.46. The molecule has 13 heavy (non-hydrogen) atoms. The van der Waals surface area contributed by atoms with E-state index >= 15 is 0 Å². The van der Waals surface area contributed by atoms with Crippen molar-refractivity contribution in [3.63, 3.8) is 0 Å². The van der Waals surface area contributed by atoms with Crippen LogP contribution in [0.15, 0.2) is 0 Å². The molecule has 1 atom stereocenters. The van der Waals surface area contributed by atoms with E-state index in [1.165, 1.54) is 32.4 Å². The number of nitrogens with zero attached hydrogens (tertiary/aromatic N) is 2. The standard InChI is InChI=1S/C10H20N3/c1-10(4-2-3-5-12-10)13-8-6-11-7-9-13/h11H,2-9H2,1H3. The first-order chi connectivity index (χ1) is 6.31. The molecule has 2 aliphatic rings. The minimum atomic E-state index is 0.167. The lowest BCUT2D eigenvalue weighted by molar-refractivity contribution is 0.0315. The fraction of sp³-hybridized carbons (Fsp3) is 1.00. The van der Waals surface area contributed by atoms with E-state index in [-0.39, 0.29) is 5.66 Å². The van der Waals surface area contributed by atoms with Crippen molar-refractivity contribution < 1.29 is 0 Å². The van der Waals surface area contributed by atoms with Crippen molar-refractivity contribution in [1.82, 2.24) is 15.5 Å². The van der Waals surface area contributed by atoms with Crippen molar-refractivity contribution in [1.29, 1.82) is 0 Å². The molecule has 3 heteroatoms. The molecule has 0 aliphatic carbocycles. The van der Waals surface area contributed by atoms with Crippen molar-refractivity contribution in [3.05, 3.63) is 0 Å². The maximum Gasteiger partial charge on any atom is 0.0845 e. The van der Waals surface area contributed by atoms with Gasteiger partial charge in [-0.1, -0.05) is 0 Å². The molecule has 0 saturated carbocycles. The van der Waals surface area contributed by atoms with E-state index in [1.54, 1.807) is 0 Å². The molecule has 0 amide bonds. The van der Waals surface area contributed by atoms with Crippen LogP contribution in [-0.4, -0.2) is 43.3 Å². The van der Waals surface area contributed by atoms with Crippen LogP contribution in [0.1, 0.15) is 26.2 Å². The molecule has 3 nitrogen and oxygen atoms in total. The summed E-state index contributed by atoms with van der Waals surface area (Å²) < 4.78 is 0. The van der Waals surface area contributed by atoms with Gasteiger partial charge < -0.3 is 5.32 Å². The second-order valence-corrected chi connectivity index (χ2v) is 4.29. The van der Waals surface area contributed by atoms with Gasteiger partial charge in [0, 0.05) is 32.7 Å². The Kier molecular flexibility index (Phi) is 2.86. The molecule has 0 aromatic heterocycles. The summed E-state index contributed by atoms with van der Waals surface area (Å²) in [6, 6.07) is 0. The lowest BCUT2D eigenvalue weighted by atomic mass is 9.97. The van der Waals surface area contributed by atoms with Gasteiger partial charge in [0.1, 0.15) is 0 Å². The Bertz CT molecular complexity index is 158. The summed E-state index contributed by atoms with van der Waals surface area (Å²) >= 11 is 0. The first-order valence-electron chi connectivity index (χ1n) is 5.46. The zero-order valence-corrected chi connectivity index (χ0v) is 8.55. The molecule has 1 N–H and O–H groups in total. The molecule has 0 spiro atoms. The fourth-order valence-electron chi connectivity index (χ4n) is 2.38. The summed E-state index contributed by atoms with van der Waals surface area (Å²) in [7, 11) is 0. The first kappa shape index (κ1) is 9.44. The number of piperidine rings is 1. The van der Waals surface area contributed by atoms with Crippen molar-refractivity contribution >= 4 is 0 Å². The van der Waals surface area contributed by atoms with E-state index < -0.39 is 0 Å². The van der Waals surface area contributed by atoms with Crippen LogP contribution in [0.4, 0.5) is 0 Å². The summed E-state index contributed by atoms with van der Waals surface area (Å²) in [5, 5.41) is 8.17. The summed E-state index contributed by atoms with van der Waals surface area (Å²) in [5.41, 5.74) is 0.167. The lowest BCUT2D eigenvalue weighted by Crippen LogP contribution is -2.60. The van der Waals surface area contributed by atoms with E-state index in [0.717, 1.165) is 19.6 Å². The van der Waals surface area contributed by atoms with Crippen LogP contribution in [0.2, 0.25) is 0 Å². The Balaban J connectivity index is 1.94. The molecule has 2 rings (SSSR count). The van der Waals surface area contributed by atoms with Gasteiger partial charge in [0.05, 0.1) is 5.66 Å². The number of hydrogen-bond donors (Lipinski definition) is 1. The van der Waals surface area contributed by atoms with Gasteiger partial charge in [-0.25, -0.2) is 5.32 Å². The van der Waals surface area contributed by atoms with Crippen molar-refractivity contribution in [2.45, 2.75) is 31.8 Å². The van der Waals surface area contributed by atoms with Gasteiger partial charge in [0.15, 0.2) is 0 Å². The largest absolute Gasteiger partial charge is 0.314 e. The van der Waals surface area contributed by atoms with Crippen molar-refractivity contribution in [3.8, 4) is 0 Å². The molecule has 2 aliphatic heterocycles. The monoisotopic (exact) mass is 182 g/mol. The van der Waals surface area contributed by atoms with Gasteiger partial charge in [0.25, 0.3) is 0 Å². The molecule has 2 heterocycles. The highest BCUT2D eigenvalue weighted by atomic mass is 15.3. The number of nitrogens with one attached hydrogen (secondary N) is 1. The van der Waals surface area contributed by atoms with Gasteiger partial charge in [0.2, 0.25) is 0 Å². The maximum atomic E-state index is 4.78. The Morgan fingerprint density at radius 1 is 1.23 bits per heavy atom. The van der Waals surface area contributed by atoms with Gasteiger partial charge in [-0.05, 0) is 26.2 Å². The third-order valence-electron chi connectivity index (χ3n) is 3.31. The number of rotatable bonds is 1. The van der Waals surface area contributed by atoms with Crippen LogP contribution >= 0.6 is 0 Å². The molecule has 75 valence electrons.